The zero-order valence-electron chi connectivity index (χ0n) is 11.3. The minimum Gasteiger partial charge on any atom is -0.481 e. The van der Waals surface area contributed by atoms with Crippen molar-refractivity contribution in [3.8, 4) is 0 Å². The molecular formula is C14H23NO4. The van der Waals surface area contributed by atoms with Gasteiger partial charge in [0.05, 0.1) is 5.92 Å². The molecule has 1 heterocycles. The standard InChI is InChI=1S/C14H23NO4/c16-13(4-1-10-5-7-19-8-6-10)15-12-3-2-11(9-12)14(17)18/h10-12H,1-9H2,(H,15,16)(H,17,18)/t11-,12+/m0/s1. The summed E-state index contributed by atoms with van der Waals surface area (Å²) in [5.41, 5.74) is 0. The summed E-state index contributed by atoms with van der Waals surface area (Å²) in [5, 5.41) is 11.9. The Hall–Kier alpha value is -1.10. The molecule has 2 atom stereocenters. The molecule has 0 aromatic heterocycles. The molecule has 2 N–H and O–H groups in total. The Bertz CT molecular complexity index is 325. The average Bonchev–Trinajstić information content (AvgIpc) is 2.86. The molecular weight excluding hydrogens is 246 g/mol. The lowest BCUT2D eigenvalue weighted by atomic mass is 9.95. The first-order chi connectivity index (χ1) is 9.15. The number of hydrogen-bond acceptors (Lipinski definition) is 3. The summed E-state index contributed by atoms with van der Waals surface area (Å²) in [6.45, 7) is 1.63. The van der Waals surface area contributed by atoms with Crippen LogP contribution in [0.5, 0.6) is 0 Å². The molecule has 19 heavy (non-hydrogen) atoms. The minimum absolute atomic E-state index is 0.0586. The van der Waals surface area contributed by atoms with Crippen molar-refractivity contribution in [2.75, 3.05) is 13.2 Å². The van der Waals surface area contributed by atoms with Crippen LogP contribution in [-0.2, 0) is 14.3 Å². The lowest BCUT2D eigenvalue weighted by molar-refractivity contribution is -0.141. The van der Waals surface area contributed by atoms with Crippen molar-refractivity contribution < 1.29 is 19.4 Å². The molecule has 2 fully saturated rings. The van der Waals surface area contributed by atoms with Crippen molar-refractivity contribution in [3.63, 3.8) is 0 Å². The maximum absolute atomic E-state index is 11.8. The first kappa shape index (κ1) is 14.3. The lowest BCUT2D eigenvalue weighted by Gasteiger charge is -2.22. The Labute approximate surface area is 113 Å². The number of rotatable bonds is 5. The lowest BCUT2D eigenvalue weighted by Crippen LogP contribution is -2.33. The Balaban J connectivity index is 1.63. The first-order valence-corrected chi connectivity index (χ1v) is 7.25. The summed E-state index contributed by atoms with van der Waals surface area (Å²) >= 11 is 0. The fraction of sp³-hybridized carbons (Fsp3) is 0.857. The van der Waals surface area contributed by atoms with Crippen LogP contribution in [0, 0.1) is 11.8 Å². The predicted molar refractivity (Wildman–Crippen MR) is 69.7 cm³/mol. The van der Waals surface area contributed by atoms with Crippen LogP contribution in [0.25, 0.3) is 0 Å². The summed E-state index contributed by atoms with van der Waals surface area (Å²) in [5.74, 6) is -0.336. The molecule has 0 unspecified atom stereocenters. The van der Waals surface area contributed by atoms with E-state index in [1.807, 2.05) is 0 Å². The quantitative estimate of drug-likeness (QED) is 0.794. The smallest absolute Gasteiger partial charge is 0.306 e. The van der Waals surface area contributed by atoms with Gasteiger partial charge < -0.3 is 15.2 Å². The van der Waals surface area contributed by atoms with Crippen LogP contribution in [0.4, 0.5) is 0 Å². The third-order valence-electron chi connectivity index (χ3n) is 4.27. The number of ether oxygens (including phenoxy) is 1. The summed E-state index contributed by atoms with van der Waals surface area (Å²) in [6.07, 6.45) is 5.64. The van der Waals surface area contributed by atoms with Gasteiger partial charge in [-0.15, -0.1) is 0 Å². The molecule has 5 nitrogen and oxygen atoms in total. The predicted octanol–water partition coefficient (Wildman–Crippen LogP) is 1.56. The molecule has 0 spiro atoms. The first-order valence-electron chi connectivity index (χ1n) is 7.25. The van der Waals surface area contributed by atoms with E-state index in [1.54, 1.807) is 0 Å². The molecule has 0 aromatic rings. The van der Waals surface area contributed by atoms with Gasteiger partial charge in [0, 0.05) is 25.7 Å². The minimum atomic E-state index is -0.737. The molecule has 0 bridgehead atoms. The Morgan fingerprint density at radius 2 is 1.89 bits per heavy atom. The third kappa shape index (κ3) is 4.49. The number of hydrogen-bond donors (Lipinski definition) is 2. The zero-order chi connectivity index (χ0) is 13.7. The fourth-order valence-corrected chi connectivity index (χ4v) is 3.01. The van der Waals surface area contributed by atoms with Crippen LogP contribution >= 0.6 is 0 Å². The number of carbonyl (C=O) groups excluding carboxylic acids is 1. The molecule has 1 aliphatic carbocycles. The third-order valence-corrected chi connectivity index (χ3v) is 4.27. The Morgan fingerprint density at radius 3 is 2.53 bits per heavy atom. The van der Waals surface area contributed by atoms with E-state index < -0.39 is 5.97 Å². The summed E-state index contributed by atoms with van der Waals surface area (Å²) in [6, 6.07) is 0.0586. The molecule has 1 aliphatic heterocycles. The van der Waals surface area contributed by atoms with Gasteiger partial charge in [0.2, 0.25) is 5.91 Å². The van der Waals surface area contributed by atoms with E-state index >= 15 is 0 Å². The van der Waals surface area contributed by atoms with Crippen molar-refractivity contribution in [3.05, 3.63) is 0 Å². The van der Waals surface area contributed by atoms with E-state index in [9.17, 15) is 9.59 Å². The van der Waals surface area contributed by atoms with Crippen LogP contribution in [0.1, 0.15) is 44.9 Å². The molecule has 0 aromatic carbocycles. The van der Waals surface area contributed by atoms with E-state index in [0.717, 1.165) is 38.9 Å². The van der Waals surface area contributed by atoms with E-state index in [2.05, 4.69) is 5.32 Å². The van der Waals surface area contributed by atoms with Crippen molar-refractivity contribution in [2.45, 2.75) is 51.0 Å². The second-order valence-corrected chi connectivity index (χ2v) is 5.71. The number of carbonyl (C=O) groups is 2. The van der Waals surface area contributed by atoms with Crippen LogP contribution in [0.15, 0.2) is 0 Å². The van der Waals surface area contributed by atoms with E-state index in [0.29, 0.717) is 25.2 Å². The Kier molecular flexibility index (Phi) is 5.19. The summed E-state index contributed by atoms with van der Waals surface area (Å²) < 4.78 is 5.29. The largest absolute Gasteiger partial charge is 0.481 e. The van der Waals surface area contributed by atoms with Crippen LogP contribution in [0.3, 0.4) is 0 Å². The highest BCUT2D eigenvalue weighted by Gasteiger charge is 2.30. The van der Waals surface area contributed by atoms with Gasteiger partial charge in [0.1, 0.15) is 0 Å². The Morgan fingerprint density at radius 1 is 1.16 bits per heavy atom. The number of carboxylic acids is 1. The SMILES string of the molecule is O=C(CCC1CCOCC1)N[C@@H]1CC[C@H](C(=O)O)C1. The van der Waals surface area contributed by atoms with Crippen LogP contribution in [0.2, 0.25) is 0 Å². The molecule has 108 valence electrons. The van der Waals surface area contributed by atoms with Crippen molar-refractivity contribution in [2.24, 2.45) is 11.8 Å². The molecule has 0 radical (unpaired) electrons. The molecule has 2 rings (SSSR count). The normalized spacial score (nSPS) is 28.2. The zero-order valence-corrected chi connectivity index (χ0v) is 11.3. The summed E-state index contributed by atoms with van der Waals surface area (Å²) in [7, 11) is 0. The summed E-state index contributed by atoms with van der Waals surface area (Å²) in [4.78, 5) is 22.7. The highest BCUT2D eigenvalue weighted by molar-refractivity contribution is 5.76. The topological polar surface area (TPSA) is 75.6 Å². The molecule has 1 amide bonds. The highest BCUT2D eigenvalue weighted by atomic mass is 16.5. The maximum atomic E-state index is 11.8. The van der Waals surface area contributed by atoms with Crippen LogP contribution < -0.4 is 5.32 Å². The van der Waals surface area contributed by atoms with Gasteiger partial charge in [0.25, 0.3) is 0 Å². The van der Waals surface area contributed by atoms with Crippen LogP contribution in [-0.4, -0.2) is 36.2 Å². The van der Waals surface area contributed by atoms with Gasteiger partial charge in [-0.05, 0) is 44.4 Å². The van der Waals surface area contributed by atoms with Gasteiger partial charge in [-0.1, -0.05) is 0 Å². The van der Waals surface area contributed by atoms with E-state index in [-0.39, 0.29) is 17.9 Å². The number of carboxylic acid groups (broad SMARTS) is 1. The highest BCUT2D eigenvalue weighted by Crippen LogP contribution is 2.26. The monoisotopic (exact) mass is 269 g/mol. The van der Waals surface area contributed by atoms with E-state index in [1.165, 1.54) is 0 Å². The van der Waals surface area contributed by atoms with E-state index in [4.69, 9.17) is 9.84 Å². The molecule has 1 saturated carbocycles. The fourth-order valence-electron chi connectivity index (χ4n) is 3.01. The van der Waals surface area contributed by atoms with Gasteiger partial charge in [0.15, 0.2) is 0 Å². The average molecular weight is 269 g/mol. The van der Waals surface area contributed by atoms with Gasteiger partial charge in [-0.2, -0.15) is 0 Å². The molecule has 1 saturated heterocycles. The van der Waals surface area contributed by atoms with Gasteiger partial charge in [-0.25, -0.2) is 0 Å². The van der Waals surface area contributed by atoms with Gasteiger partial charge >= 0.3 is 5.97 Å². The second-order valence-electron chi connectivity index (χ2n) is 5.71. The molecule has 2 aliphatic rings. The maximum Gasteiger partial charge on any atom is 0.306 e. The van der Waals surface area contributed by atoms with Crippen molar-refractivity contribution in [1.29, 1.82) is 0 Å². The number of nitrogens with one attached hydrogen (secondary N) is 1. The number of amides is 1. The molecule has 5 heteroatoms. The number of aliphatic carboxylic acids is 1. The second kappa shape index (κ2) is 6.89. The van der Waals surface area contributed by atoms with Crippen molar-refractivity contribution in [1.82, 2.24) is 5.32 Å². The van der Waals surface area contributed by atoms with Crippen molar-refractivity contribution >= 4 is 11.9 Å². The van der Waals surface area contributed by atoms with Gasteiger partial charge in [-0.3, -0.25) is 9.59 Å².